The fraction of sp³-hybridized carbons (Fsp3) is 0.118. The van der Waals surface area contributed by atoms with Gasteiger partial charge in [-0.05, 0) is 18.2 Å². The number of esters is 1. The number of nitrogens with zero attached hydrogens (tertiary/aromatic N) is 2. The minimum absolute atomic E-state index is 0.0662. The maximum absolute atomic E-state index is 11.8. The Hall–Kier alpha value is -3.64. The molecule has 0 radical (unpaired) electrons. The molecule has 1 amide bonds. The van der Waals surface area contributed by atoms with Crippen LogP contribution in [-0.2, 0) is 14.3 Å². The highest BCUT2D eigenvalue weighted by Crippen LogP contribution is 2.23. The summed E-state index contributed by atoms with van der Waals surface area (Å²) in [6, 6.07) is 11.7. The predicted molar refractivity (Wildman–Crippen MR) is 94.3 cm³/mol. The SMILES string of the molecule is N#Cc1cc([N+](=O)[O-])ccc1NC(=O)COC(=O)COc1ccccc1Cl. The maximum atomic E-state index is 11.8. The van der Waals surface area contributed by atoms with Crippen LogP contribution in [-0.4, -0.2) is 30.0 Å². The number of ether oxygens (including phenoxy) is 2. The molecule has 0 saturated heterocycles. The van der Waals surface area contributed by atoms with Crippen LogP contribution < -0.4 is 10.1 Å². The third-order valence-corrected chi connectivity index (χ3v) is 3.47. The van der Waals surface area contributed by atoms with Crippen molar-refractivity contribution < 1.29 is 24.0 Å². The van der Waals surface area contributed by atoms with Crippen LogP contribution in [0.2, 0.25) is 5.02 Å². The molecule has 0 fully saturated rings. The van der Waals surface area contributed by atoms with Crippen molar-refractivity contribution in [1.82, 2.24) is 0 Å². The average Bonchev–Trinajstić information content (AvgIpc) is 2.65. The molecule has 27 heavy (non-hydrogen) atoms. The average molecular weight is 390 g/mol. The van der Waals surface area contributed by atoms with Gasteiger partial charge in [0.25, 0.3) is 11.6 Å². The highest BCUT2D eigenvalue weighted by Gasteiger charge is 2.14. The quantitative estimate of drug-likeness (QED) is 0.437. The minimum Gasteiger partial charge on any atom is -0.480 e. The number of nitriles is 1. The summed E-state index contributed by atoms with van der Waals surface area (Å²) >= 11 is 5.87. The number of para-hydroxylation sites is 1. The van der Waals surface area contributed by atoms with Gasteiger partial charge in [0.1, 0.15) is 11.8 Å². The molecule has 0 heterocycles. The molecule has 2 aromatic carbocycles. The summed E-state index contributed by atoms with van der Waals surface area (Å²) in [6.07, 6.45) is 0. The van der Waals surface area contributed by atoms with Gasteiger partial charge < -0.3 is 14.8 Å². The Bertz CT molecular complexity index is 925. The molecule has 0 bridgehead atoms. The first kappa shape index (κ1) is 19.7. The summed E-state index contributed by atoms with van der Waals surface area (Å²) in [5.74, 6) is -1.22. The number of rotatable bonds is 7. The molecular formula is C17H12ClN3O6. The molecule has 0 atom stereocenters. The Morgan fingerprint density at radius 2 is 1.96 bits per heavy atom. The zero-order chi connectivity index (χ0) is 19.8. The van der Waals surface area contributed by atoms with Crippen LogP contribution >= 0.6 is 11.6 Å². The lowest BCUT2D eigenvalue weighted by atomic mass is 10.1. The van der Waals surface area contributed by atoms with Gasteiger partial charge in [0.05, 0.1) is 21.2 Å². The number of amides is 1. The molecule has 2 rings (SSSR count). The Morgan fingerprint density at radius 3 is 2.63 bits per heavy atom. The Balaban J connectivity index is 1.85. The van der Waals surface area contributed by atoms with Gasteiger partial charge >= 0.3 is 5.97 Å². The van der Waals surface area contributed by atoms with Crippen molar-refractivity contribution in [3.05, 3.63) is 63.2 Å². The van der Waals surface area contributed by atoms with E-state index >= 15 is 0 Å². The zero-order valence-electron chi connectivity index (χ0n) is 13.7. The molecule has 9 nitrogen and oxygen atoms in total. The summed E-state index contributed by atoms with van der Waals surface area (Å²) in [5.41, 5.74) is -0.310. The van der Waals surface area contributed by atoms with Crippen LogP contribution in [0.3, 0.4) is 0 Å². The predicted octanol–water partition coefficient (Wildman–Crippen LogP) is 2.68. The van der Waals surface area contributed by atoms with E-state index in [4.69, 9.17) is 26.3 Å². The highest BCUT2D eigenvalue weighted by atomic mass is 35.5. The Morgan fingerprint density at radius 1 is 1.22 bits per heavy atom. The highest BCUT2D eigenvalue weighted by molar-refractivity contribution is 6.32. The molecule has 0 aromatic heterocycles. The van der Waals surface area contributed by atoms with E-state index in [1.807, 2.05) is 0 Å². The molecule has 0 saturated carbocycles. The number of hydrogen-bond acceptors (Lipinski definition) is 7. The van der Waals surface area contributed by atoms with E-state index in [0.29, 0.717) is 10.8 Å². The van der Waals surface area contributed by atoms with Crippen molar-refractivity contribution in [1.29, 1.82) is 5.26 Å². The number of nitro groups is 1. The van der Waals surface area contributed by atoms with E-state index in [9.17, 15) is 19.7 Å². The van der Waals surface area contributed by atoms with Gasteiger partial charge in [-0.1, -0.05) is 23.7 Å². The third kappa shape index (κ3) is 5.69. The number of carbonyl (C=O) groups excluding carboxylic acids is 2. The van der Waals surface area contributed by atoms with Crippen molar-refractivity contribution in [3.8, 4) is 11.8 Å². The van der Waals surface area contributed by atoms with Crippen molar-refractivity contribution >= 4 is 34.9 Å². The standard InChI is InChI=1S/C17H12ClN3O6/c18-13-3-1-2-4-15(13)26-10-17(23)27-9-16(22)20-14-6-5-12(21(24)25)7-11(14)8-19/h1-7H,9-10H2,(H,20,22). The van der Waals surface area contributed by atoms with Crippen molar-refractivity contribution in [2.75, 3.05) is 18.5 Å². The fourth-order valence-corrected chi connectivity index (χ4v) is 2.11. The number of nitrogens with one attached hydrogen (secondary N) is 1. The van der Waals surface area contributed by atoms with Gasteiger partial charge in [-0.15, -0.1) is 0 Å². The van der Waals surface area contributed by atoms with E-state index in [2.05, 4.69) is 5.32 Å². The maximum Gasteiger partial charge on any atom is 0.344 e. The van der Waals surface area contributed by atoms with Gasteiger partial charge in [0.15, 0.2) is 13.2 Å². The second-order valence-electron chi connectivity index (χ2n) is 5.03. The number of hydrogen-bond donors (Lipinski definition) is 1. The number of benzene rings is 2. The van der Waals surface area contributed by atoms with Crippen LogP contribution in [0.5, 0.6) is 5.75 Å². The Kier molecular flexibility index (Phi) is 6.68. The lowest BCUT2D eigenvalue weighted by Crippen LogP contribution is -2.24. The van der Waals surface area contributed by atoms with Gasteiger partial charge in [0, 0.05) is 12.1 Å². The first-order chi connectivity index (χ1) is 12.9. The molecular weight excluding hydrogens is 378 g/mol. The second kappa shape index (κ2) is 9.17. The number of carbonyl (C=O) groups is 2. The van der Waals surface area contributed by atoms with E-state index in [-0.39, 0.29) is 16.9 Å². The lowest BCUT2D eigenvalue weighted by Gasteiger charge is -2.09. The van der Waals surface area contributed by atoms with Crippen LogP contribution in [0.1, 0.15) is 5.56 Å². The fourth-order valence-electron chi connectivity index (χ4n) is 1.92. The van der Waals surface area contributed by atoms with Gasteiger partial charge in [-0.25, -0.2) is 4.79 Å². The van der Waals surface area contributed by atoms with E-state index in [1.54, 1.807) is 30.3 Å². The Labute approximate surface area is 158 Å². The number of halogens is 1. The van der Waals surface area contributed by atoms with Gasteiger partial charge in [0.2, 0.25) is 0 Å². The molecule has 0 aliphatic heterocycles. The first-order valence-electron chi connectivity index (χ1n) is 7.42. The van der Waals surface area contributed by atoms with E-state index < -0.39 is 30.0 Å². The smallest absolute Gasteiger partial charge is 0.344 e. The van der Waals surface area contributed by atoms with Crippen LogP contribution in [0.4, 0.5) is 11.4 Å². The van der Waals surface area contributed by atoms with Crippen molar-refractivity contribution in [2.24, 2.45) is 0 Å². The van der Waals surface area contributed by atoms with Crippen LogP contribution in [0, 0.1) is 21.4 Å². The zero-order valence-corrected chi connectivity index (χ0v) is 14.4. The minimum atomic E-state index is -0.797. The molecule has 0 aliphatic rings. The molecule has 138 valence electrons. The lowest BCUT2D eigenvalue weighted by molar-refractivity contribution is -0.384. The number of anilines is 1. The largest absolute Gasteiger partial charge is 0.480 e. The van der Waals surface area contributed by atoms with E-state index in [0.717, 1.165) is 12.1 Å². The topological polar surface area (TPSA) is 132 Å². The summed E-state index contributed by atoms with van der Waals surface area (Å²) in [7, 11) is 0. The summed E-state index contributed by atoms with van der Waals surface area (Å²) in [5, 5.41) is 22.4. The van der Waals surface area contributed by atoms with Crippen molar-refractivity contribution in [3.63, 3.8) is 0 Å². The third-order valence-electron chi connectivity index (χ3n) is 3.15. The summed E-state index contributed by atoms with van der Waals surface area (Å²) in [6.45, 7) is -1.06. The monoisotopic (exact) mass is 389 g/mol. The summed E-state index contributed by atoms with van der Waals surface area (Å²) < 4.78 is 9.94. The van der Waals surface area contributed by atoms with E-state index in [1.165, 1.54) is 6.07 Å². The molecule has 2 aromatic rings. The molecule has 0 aliphatic carbocycles. The van der Waals surface area contributed by atoms with Gasteiger partial charge in [-0.2, -0.15) is 5.26 Å². The molecule has 10 heteroatoms. The number of non-ortho nitro benzene ring substituents is 1. The summed E-state index contributed by atoms with van der Waals surface area (Å²) in [4.78, 5) is 33.5. The van der Waals surface area contributed by atoms with Crippen molar-refractivity contribution in [2.45, 2.75) is 0 Å². The first-order valence-corrected chi connectivity index (χ1v) is 7.80. The normalized spacial score (nSPS) is 9.78. The van der Waals surface area contributed by atoms with Gasteiger partial charge in [-0.3, -0.25) is 14.9 Å². The molecule has 1 N–H and O–H groups in total. The molecule has 0 spiro atoms. The van der Waals surface area contributed by atoms with Crippen LogP contribution in [0.15, 0.2) is 42.5 Å². The molecule has 0 unspecified atom stereocenters. The number of nitro benzene ring substituents is 1. The second-order valence-corrected chi connectivity index (χ2v) is 5.43. The van der Waals surface area contributed by atoms with Crippen LogP contribution in [0.25, 0.3) is 0 Å².